The third-order valence-electron chi connectivity index (χ3n) is 3.56. The monoisotopic (exact) mass is 326 g/mol. The van der Waals surface area contributed by atoms with E-state index in [-0.39, 0.29) is 18.5 Å². The zero-order valence-corrected chi connectivity index (χ0v) is 13.3. The number of aromatic nitrogens is 1. The molecule has 0 radical (unpaired) electrons. The van der Waals surface area contributed by atoms with Crippen molar-refractivity contribution in [3.05, 3.63) is 48.2 Å². The summed E-state index contributed by atoms with van der Waals surface area (Å²) in [5.74, 6) is 0.981. The van der Waals surface area contributed by atoms with Gasteiger partial charge in [-0.15, -0.1) is 0 Å². The van der Waals surface area contributed by atoms with Gasteiger partial charge in [-0.05, 0) is 25.1 Å². The number of carbonyl (C=O) groups is 2. The molecule has 0 unspecified atom stereocenters. The predicted molar refractivity (Wildman–Crippen MR) is 89.1 cm³/mol. The van der Waals surface area contributed by atoms with Crippen LogP contribution < -0.4 is 15.4 Å². The Morgan fingerprint density at radius 2 is 2.04 bits per heavy atom. The zero-order chi connectivity index (χ0) is 16.9. The van der Waals surface area contributed by atoms with Crippen LogP contribution in [0.3, 0.4) is 0 Å². The molecule has 1 aromatic heterocycles. The van der Waals surface area contributed by atoms with Crippen LogP contribution in [0.15, 0.2) is 42.6 Å². The van der Waals surface area contributed by atoms with Crippen molar-refractivity contribution >= 4 is 17.6 Å². The summed E-state index contributed by atoms with van der Waals surface area (Å²) in [7, 11) is 0. The highest BCUT2D eigenvalue weighted by atomic mass is 16.5. The van der Waals surface area contributed by atoms with Crippen LogP contribution in [0.1, 0.15) is 5.56 Å². The van der Waals surface area contributed by atoms with Crippen LogP contribution in [0.2, 0.25) is 0 Å². The number of pyridine rings is 1. The Labute approximate surface area is 139 Å². The molecule has 7 nitrogen and oxygen atoms in total. The van der Waals surface area contributed by atoms with E-state index in [2.05, 4.69) is 15.6 Å². The summed E-state index contributed by atoms with van der Waals surface area (Å²) in [6.07, 6.45) is 1.52. The smallest absolute Gasteiger partial charge is 0.322 e. The van der Waals surface area contributed by atoms with Crippen LogP contribution in [0.25, 0.3) is 0 Å². The second kappa shape index (κ2) is 6.99. The highest BCUT2D eigenvalue weighted by Crippen LogP contribution is 2.20. The maximum Gasteiger partial charge on any atom is 0.322 e. The van der Waals surface area contributed by atoms with Crippen LogP contribution in [0.4, 0.5) is 10.5 Å². The minimum absolute atomic E-state index is 0.0634. The van der Waals surface area contributed by atoms with Crippen LogP contribution in [0.5, 0.6) is 11.6 Å². The minimum atomic E-state index is -0.321. The van der Waals surface area contributed by atoms with E-state index in [0.717, 1.165) is 5.56 Å². The number of hydrogen-bond acceptors (Lipinski definition) is 4. The number of nitrogens with one attached hydrogen (secondary N) is 2. The first kappa shape index (κ1) is 15.8. The summed E-state index contributed by atoms with van der Waals surface area (Å²) in [6.45, 7) is 3.02. The first-order valence-electron chi connectivity index (χ1n) is 7.63. The van der Waals surface area contributed by atoms with E-state index in [0.29, 0.717) is 30.4 Å². The van der Waals surface area contributed by atoms with Crippen molar-refractivity contribution in [3.8, 4) is 11.6 Å². The number of nitrogens with zero attached hydrogens (tertiary/aromatic N) is 2. The van der Waals surface area contributed by atoms with Gasteiger partial charge in [0.15, 0.2) is 0 Å². The zero-order valence-electron chi connectivity index (χ0n) is 13.3. The summed E-state index contributed by atoms with van der Waals surface area (Å²) in [5.41, 5.74) is 1.70. The molecule has 1 aliphatic rings. The lowest BCUT2D eigenvalue weighted by Gasteiger charge is -2.26. The molecule has 1 aliphatic heterocycles. The molecule has 1 fully saturated rings. The van der Waals surface area contributed by atoms with Crippen molar-refractivity contribution < 1.29 is 14.3 Å². The van der Waals surface area contributed by atoms with Gasteiger partial charge in [-0.25, -0.2) is 9.78 Å². The van der Waals surface area contributed by atoms with Gasteiger partial charge < -0.3 is 20.3 Å². The van der Waals surface area contributed by atoms with Gasteiger partial charge in [0.2, 0.25) is 11.8 Å². The van der Waals surface area contributed by atoms with E-state index in [1.165, 1.54) is 11.1 Å². The summed E-state index contributed by atoms with van der Waals surface area (Å²) in [6, 6.07) is 10.7. The molecule has 124 valence electrons. The molecule has 0 saturated carbocycles. The number of aryl methyl sites for hydroxylation is 1. The van der Waals surface area contributed by atoms with Crippen molar-refractivity contribution in [1.29, 1.82) is 0 Å². The maximum atomic E-state index is 12.1. The van der Waals surface area contributed by atoms with Crippen molar-refractivity contribution in [1.82, 2.24) is 15.2 Å². The van der Waals surface area contributed by atoms with E-state index < -0.39 is 0 Å². The van der Waals surface area contributed by atoms with E-state index in [9.17, 15) is 9.59 Å². The summed E-state index contributed by atoms with van der Waals surface area (Å²) < 4.78 is 5.64. The molecule has 2 N–H and O–H groups in total. The molecule has 1 aromatic carbocycles. The molecule has 3 amide bonds. The lowest BCUT2D eigenvalue weighted by Crippen LogP contribution is -2.51. The van der Waals surface area contributed by atoms with E-state index in [1.807, 2.05) is 31.2 Å². The molecule has 7 heteroatoms. The van der Waals surface area contributed by atoms with Crippen molar-refractivity contribution in [3.63, 3.8) is 0 Å². The van der Waals surface area contributed by atoms with Gasteiger partial charge in [-0.2, -0.15) is 0 Å². The Hall–Kier alpha value is -3.09. The normalized spacial score (nSPS) is 14.0. The average Bonchev–Trinajstić information content (AvgIpc) is 2.59. The highest BCUT2D eigenvalue weighted by molar-refractivity contribution is 5.92. The number of piperazine rings is 1. The van der Waals surface area contributed by atoms with Crippen LogP contribution in [-0.2, 0) is 4.79 Å². The lowest BCUT2D eigenvalue weighted by molar-refractivity contribution is -0.123. The Kier molecular flexibility index (Phi) is 4.60. The number of ether oxygens (including phenoxy) is 1. The molecule has 3 rings (SSSR count). The first-order chi connectivity index (χ1) is 11.6. The Bertz CT molecular complexity index is 729. The SMILES string of the molecule is Cc1ccc(Oc2ccc(NC(=O)N3CCNC(=O)C3)cn2)cc1. The number of anilines is 1. The van der Waals surface area contributed by atoms with Gasteiger partial charge in [-0.1, -0.05) is 17.7 Å². The lowest BCUT2D eigenvalue weighted by atomic mass is 10.2. The molecule has 0 spiro atoms. The minimum Gasteiger partial charge on any atom is -0.439 e. The number of amides is 3. The van der Waals surface area contributed by atoms with Gasteiger partial charge in [-0.3, -0.25) is 4.79 Å². The van der Waals surface area contributed by atoms with E-state index in [1.54, 1.807) is 12.1 Å². The van der Waals surface area contributed by atoms with E-state index in [4.69, 9.17) is 4.74 Å². The summed E-state index contributed by atoms with van der Waals surface area (Å²) in [5, 5.41) is 5.39. The third-order valence-corrected chi connectivity index (χ3v) is 3.56. The van der Waals surface area contributed by atoms with Crippen molar-refractivity contribution in [2.75, 3.05) is 25.0 Å². The molecule has 2 heterocycles. The maximum absolute atomic E-state index is 12.1. The van der Waals surface area contributed by atoms with Crippen LogP contribution in [-0.4, -0.2) is 41.5 Å². The number of carbonyl (C=O) groups excluding carboxylic acids is 2. The van der Waals surface area contributed by atoms with E-state index >= 15 is 0 Å². The predicted octanol–water partition coefficient (Wildman–Crippen LogP) is 2.15. The average molecular weight is 326 g/mol. The number of hydrogen-bond donors (Lipinski definition) is 2. The summed E-state index contributed by atoms with van der Waals surface area (Å²) in [4.78, 5) is 29.0. The number of rotatable bonds is 3. The van der Waals surface area contributed by atoms with Crippen molar-refractivity contribution in [2.45, 2.75) is 6.92 Å². The van der Waals surface area contributed by atoms with Gasteiger partial charge in [0.05, 0.1) is 11.9 Å². The van der Waals surface area contributed by atoms with Gasteiger partial charge >= 0.3 is 6.03 Å². The molecule has 0 atom stereocenters. The molecule has 0 aliphatic carbocycles. The molecular formula is C17H18N4O3. The van der Waals surface area contributed by atoms with Gasteiger partial charge in [0, 0.05) is 19.2 Å². The fourth-order valence-electron chi connectivity index (χ4n) is 2.26. The molecule has 0 bridgehead atoms. The highest BCUT2D eigenvalue weighted by Gasteiger charge is 2.21. The van der Waals surface area contributed by atoms with Gasteiger partial charge in [0.25, 0.3) is 0 Å². The summed E-state index contributed by atoms with van der Waals surface area (Å²) >= 11 is 0. The standard InChI is InChI=1S/C17H18N4O3/c1-12-2-5-14(6-3-12)24-16-7-4-13(10-19-16)20-17(23)21-9-8-18-15(22)11-21/h2-7,10H,8-9,11H2,1H3,(H,18,22)(H,20,23). The molecule has 24 heavy (non-hydrogen) atoms. The Morgan fingerprint density at radius 1 is 1.25 bits per heavy atom. The largest absolute Gasteiger partial charge is 0.439 e. The fourth-order valence-corrected chi connectivity index (χ4v) is 2.26. The Morgan fingerprint density at radius 3 is 2.71 bits per heavy atom. The quantitative estimate of drug-likeness (QED) is 0.905. The molecule has 1 saturated heterocycles. The number of benzene rings is 1. The second-order valence-corrected chi connectivity index (χ2v) is 5.50. The fraction of sp³-hybridized carbons (Fsp3) is 0.235. The topological polar surface area (TPSA) is 83.6 Å². The molecular weight excluding hydrogens is 308 g/mol. The van der Waals surface area contributed by atoms with Gasteiger partial charge in [0.1, 0.15) is 12.3 Å². The molecule has 2 aromatic rings. The number of urea groups is 1. The van der Waals surface area contributed by atoms with Crippen LogP contribution in [0, 0.1) is 6.92 Å². The van der Waals surface area contributed by atoms with Crippen molar-refractivity contribution in [2.24, 2.45) is 0 Å². The first-order valence-corrected chi connectivity index (χ1v) is 7.63. The third kappa shape index (κ3) is 4.01. The Balaban J connectivity index is 1.58. The van der Waals surface area contributed by atoms with Crippen LogP contribution >= 0.6 is 0 Å². The second-order valence-electron chi connectivity index (χ2n) is 5.50.